The highest BCUT2D eigenvalue weighted by molar-refractivity contribution is 5.95. The first kappa shape index (κ1) is 20.0. The van der Waals surface area contributed by atoms with Gasteiger partial charge in [0.05, 0.1) is 12.0 Å². The van der Waals surface area contributed by atoms with Crippen molar-refractivity contribution in [2.24, 2.45) is 0 Å². The second-order valence-corrected chi connectivity index (χ2v) is 6.14. The topological polar surface area (TPSA) is 106 Å². The third-order valence-electron chi connectivity index (χ3n) is 3.74. The van der Waals surface area contributed by atoms with Crippen LogP contribution in [-0.2, 0) is 9.59 Å². The van der Waals surface area contributed by atoms with Crippen LogP contribution in [0.15, 0.2) is 42.5 Å². The molecule has 0 heterocycles. The highest BCUT2D eigenvalue weighted by atomic mass is 19.1. The lowest BCUT2D eigenvalue weighted by atomic mass is 10.1. The van der Waals surface area contributed by atoms with E-state index in [1.54, 1.807) is 26.1 Å². The van der Waals surface area contributed by atoms with E-state index in [-0.39, 0.29) is 30.4 Å². The van der Waals surface area contributed by atoms with Gasteiger partial charge in [0.15, 0.2) is 13.1 Å². The average molecular weight is 375 g/mol. The fourth-order valence-corrected chi connectivity index (χ4v) is 2.53. The van der Waals surface area contributed by atoms with Crippen LogP contribution >= 0.6 is 0 Å². The number of aryl methyl sites for hydroxylation is 1. The lowest BCUT2D eigenvalue weighted by molar-refractivity contribution is -0.862. The number of hydrogen-bond acceptors (Lipinski definition) is 4. The number of benzene rings is 2. The minimum absolute atomic E-state index is 0.0280. The Bertz CT molecular complexity index is 872. The fraction of sp³-hybridized carbons (Fsp3) is 0.222. The Morgan fingerprint density at radius 3 is 2.37 bits per heavy atom. The van der Waals surface area contributed by atoms with Gasteiger partial charge in [-0.2, -0.15) is 0 Å². The Kier molecular flexibility index (Phi) is 6.56. The molecule has 2 aromatic carbocycles. The van der Waals surface area contributed by atoms with Gasteiger partial charge in [-0.15, -0.1) is 0 Å². The highest BCUT2D eigenvalue weighted by Gasteiger charge is 2.20. The number of halogens is 1. The molecule has 0 fully saturated rings. The van der Waals surface area contributed by atoms with Crippen molar-refractivity contribution in [1.82, 2.24) is 0 Å². The van der Waals surface area contributed by atoms with Crippen molar-refractivity contribution in [3.63, 3.8) is 0 Å². The molecule has 0 bridgehead atoms. The van der Waals surface area contributed by atoms with Crippen LogP contribution in [0.2, 0.25) is 0 Å². The summed E-state index contributed by atoms with van der Waals surface area (Å²) in [7, 11) is 1.64. The van der Waals surface area contributed by atoms with Crippen molar-refractivity contribution in [2.45, 2.75) is 6.92 Å². The van der Waals surface area contributed by atoms with E-state index in [0.717, 1.165) is 0 Å². The van der Waals surface area contributed by atoms with Crippen molar-refractivity contribution in [3.8, 4) is 0 Å². The SMILES string of the molecule is Cc1cccc([N+](=O)[O-])c1NC(=O)C[NH+](C)CC(=O)Nc1cccc(F)c1. The van der Waals surface area contributed by atoms with Crippen LogP contribution in [0.25, 0.3) is 0 Å². The number of quaternary nitrogens is 1. The average Bonchev–Trinajstić information content (AvgIpc) is 2.56. The summed E-state index contributed by atoms with van der Waals surface area (Å²) in [6.45, 7) is 1.56. The van der Waals surface area contributed by atoms with Gasteiger partial charge in [0, 0.05) is 11.8 Å². The Balaban J connectivity index is 1.92. The number of nitro groups is 1. The molecule has 0 spiro atoms. The van der Waals surface area contributed by atoms with Crippen molar-refractivity contribution in [1.29, 1.82) is 0 Å². The monoisotopic (exact) mass is 375 g/mol. The molecular formula is C18H20FN4O4+. The zero-order valence-corrected chi connectivity index (χ0v) is 14.9. The largest absolute Gasteiger partial charge is 0.322 e. The predicted molar refractivity (Wildman–Crippen MR) is 98.1 cm³/mol. The van der Waals surface area contributed by atoms with Crippen molar-refractivity contribution < 1.29 is 23.8 Å². The number of nitrogens with zero attached hydrogens (tertiary/aromatic N) is 1. The van der Waals surface area contributed by atoms with Gasteiger partial charge in [-0.3, -0.25) is 19.7 Å². The molecule has 3 N–H and O–H groups in total. The van der Waals surface area contributed by atoms with E-state index in [1.165, 1.54) is 30.3 Å². The highest BCUT2D eigenvalue weighted by Crippen LogP contribution is 2.27. The number of rotatable bonds is 7. The maximum Gasteiger partial charge on any atom is 0.293 e. The number of likely N-dealkylation sites (N-methyl/N-ethyl adjacent to an activating group) is 1. The Morgan fingerprint density at radius 2 is 1.74 bits per heavy atom. The van der Waals surface area contributed by atoms with E-state index in [4.69, 9.17) is 0 Å². The molecule has 1 atom stereocenters. The van der Waals surface area contributed by atoms with Gasteiger partial charge in [0.25, 0.3) is 17.5 Å². The van der Waals surface area contributed by atoms with E-state index < -0.39 is 16.6 Å². The zero-order valence-electron chi connectivity index (χ0n) is 14.9. The van der Waals surface area contributed by atoms with E-state index in [9.17, 15) is 24.1 Å². The first-order valence-corrected chi connectivity index (χ1v) is 8.17. The number of anilines is 2. The van der Waals surface area contributed by atoms with Crippen LogP contribution in [0.5, 0.6) is 0 Å². The smallest absolute Gasteiger partial charge is 0.293 e. The summed E-state index contributed by atoms with van der Waals surface area (Å²) in [5.74, 6) is -1.30. The van der Waals surface area contributed by atoms with Crippen LogP contribution < -0.4 is 15.5 Å². The minimum Gasteiger partial charge on any atom is -0.322 e. The second-order valence-electron chi connectivity index (χ2n) is 6.14. The van der Waals surface area contributed by atoms with E-state index in [0.29, 0.717) is 16.2 Å². The molecule has 9 heteroatoms. The van der Waals surface area contributed by atoms with E-state index >= 15 is 0 Å². The Morgan fingerprint density at radius 1 is 1.11 bits per heavy atom. The summed E-state index contributed by atoms with van der Waals surface area (Å²) in [6, 6.07) is 10.00. The molecule has 0 aliphatic carbocycles. The summed E-state index contributed by atoms with van der Waals surface area (Å²) in [6.07, 6.45) is 0. The number of amides is 2. The lowest BCUT2D eigenvalue weighted by Gasteiger charge is -2.14. The van der Waals surface area contributed by atoms with Crippen LogP contribution in [-0.4, -0.2) is 36.9 Å². The van der Waals surface area contributed by atoms with Crippen LogP contribution in [0.3, 0.4) is 0 Å². The summed E-state index contributed by atoms with van der Waals surface area (Å²) in [5.41, 5.74) is 0.848. The van der Waals surface area contributed by atoms with Crippen molar-refractivity contribution >= 4 is 28.9 Å². The molecule has 2 aromatic rings. The number of nitrogens with one attached hydrogen (secondary N) is 3. The molecule has 0 radical (unpaired) electrons. The number of hydrogen-bond donors (Lipinski definition) is 3. The molecule has 8 nitrogen and oxygen atoms in total. The molecular weight excluding hydrogens is 355 g/mol. The van der Waals surface area contributed by atoms with Crippen LogP contribution in [0, 0.1) is 22.9 Å². The maximum absolute atomic E-state index is 13.1. The van der Waals surface area contributed by atoms with Crippen LogP contribution in [0.4, 0.5) is 21.5 Å². The first-order valence-electron chi connectivity index (χ1n) is 8.17. The number of nitro benzene ring substituents is 1. The number of para-hydroxylation sites is 1. The Labute approximate surface area is 155 Å². The standard InChI is InChI=1S/C18H19FN4O4/c1-12-5-3-8-15(23(26)27)18(12)21-17(25)11-22(2)10-16(24)20-14-7-4-6-13(19)9-14/h3-9H,10-11H2,1-2H3,(H,20,24)(H,21,25)/p+1. The van der Waals surface area contributed by atoms with Gasteiger partial charge in [-0.1, -0.05) is 18.2 Å². The number of carbonyl (C=O) groups excluding carboxylic acids is 2. The minimum atomic E-state index is -0.564. The predicted octanol–water partition coefficient (Wildman–Crippen LogP) is 1.13. The third kappa shape index (κ3) is 5.86. The molecule has 0 aromatic heterocycles. The van der Waals surface area contributed by atoms with Crippen LogP contribution in [0.1, 0.15) is 5.56 Å². The summed E-state index contributed by atoms with van der Waals surface area (Å²) in [4.78, 5) is 35.3. The molecule has 0 aliphatic rings. The quantitative estimate of drug-likeness (QED) is 0.498. The summed E-state index contributed by atoms with van der Waals surface area (Å²) >= 11 is 0. The van der Waals surface area contributed by atoms with Gasteiger partial charge in [0.1, 0.15) is 11.5 Å². The first-order chi connectivity index (χ1) is 12.8. The summed E-state index contributed by atoms with van der Waals surface area (Å²) in [5, 5.41) is 16.2. The molecule has 1 unspecified atom stereocenters. The maximum atomic E-state index is 13.1. The lowest BCUT2D eigenvalue weighted by Crippen LogP contribution is -3.11. The van der Waals surface area contributed by atoms with Gasteiger partial charge >= 0.3 is 0 Å². The molecule has 2 rings (SSSR count). The van der Waals surface area contributed by atoms with Gasteiger partial charge in [-0.25, -0.2) is 4.39 Å². The van der Waals surface area contributed by atoms with E-state index in [2.05, 4.69) is 10.6 Å². The normalized spacial score (nSPS) is 11.5. The van der Waals surface area contributed by atoms with Gasteiger partial charge < -0.3 is 15.5 Å². The second kappa shape index (κ2) is 8.86. The van der Waals surface area contributed by atoms with Crippen molar-refractivity contribution in [3.05, 3.63) is 64.0 Å². The third-order valence-corrected chi connectivity index (χ3v) is 3.74. The number of carbonyl (C=O) groups is 2. The molecule has 0 aliphatic heterocycles. The zero-order chi connectivity index (χ0) is 20.0. The molecule has 0 saturated heterocycles. The fourth-order valence-electron chi connectivity index (χ4n) is 2.53. The Hall–Kier alpha value is -3.33. The summed E-state index contributed by atoms with van der Waals surface area (Å²) < 4.78 is 13.1. The molecule has 0 saturated carbocycles. The van der Waals surface area contributed by atoms with E-state index in [1.807, 2.05) is 0 Å². The van der Waals surface area contributed by atoms with Gasteiger partial charge in [-0.05, 0) is 30.7 Å². The molecule has 142 valence electrons. The van der Waals surface area contributed by atoms with Gasteiger partial charge in [0.2, 0.25) is 0 Å². The molecule has 2 amide bonds. The van der Waals surface area contributed by atoms with Crippen molar-refractivity contribution in [2.75, 3.05) is 30.8 Å². The molecule has 27 heavy (non-hydrogen) atoms.